The fourth-order valence-corrected chi connectivity index (χ4v) is 3.31. The highest BCUT2D eigenvalue weighted by Crippen LogP contribution is 2.20. The van der Waals surface area contributed by atoms with Gasteiger partial charge in [0.15, 0.2) is 0 Å². The molecule has 0 bridgehead atoms. The van der Waals surface area contributed by atoms with Gasteiger partial charge in [-0.25, -0.2) is 0 Å². The van der Waals surface area contributed by atoms with Crippen molar-refractivity contribution in [3.63, 3.8) is 0 Å². The number of anilines is 1. The van der Waals surface area contributed by atoms with Gasteiger partial charge in [-0.1, -0.05) is 13.8 Å². The van der Waals surface area contributed by atoms with Gasteiger partial charge in [0.05, 0.1) is 0 Å². The Morgan fingerprint density at radius 3 is 2.07 bits per heavy atom. The molecule has 0 radical (unpaired) electrons. The number of benzene rings is 1. The molecule has 1 aromatic rings. The van der Waals surface area contributed by atoms with Crippen LogP contribution in [0.1, 0.15) is 38.1 Å². The minimum absolute atomic E-state index is 0. The van der Waals surface area contributed by atoms with Crippen LogP contribution in [0.2, 0.25) is 0 Å². The minimum atomic E-state index is -0.0690. The smallest absolute Gasteiger partial charge is 0.253 e. The van der Waals surface area contributed by atoms with Crippen LogP contribution in [-0.4, -0.2) is 68.1 Å². The SMILES string of the molecule is CC(C)N1CCN(c2ccc(C(=O)N(C)CC(C)(C)CN)cc2)CC1.Cl.Cl. The Hall–Kier alpha value is -1.01. The van der Waals surface area contributed by atoms with E-state index in [9.17, 15) is 4.79 Å². The lowest BCUT2D eigenvalue weighted by molar-refractivity contribution is 0.0740. The summed E-state index contributed by atoms with van der Waals surface area (Å²) >= 11 is 0. The second-order valence-electron chi connectivity index (χ2n) is 8.19. The molecule has 2 N–H and O–H groups in total. The molecule has 1 amide bonds. The summed E-state index contributed by atoms with van der Waals surface area (Å²) in [6, 6.07) is 8.63. The normalized spacial score (nSPS) is 15.1. The van der Waals surface area contributed by atoms with Gasteiger partial charge in [0.25, 0.3) is 5.91 Å². The molecule has 27 heavy (non-hydrogen) atoms. The van der Waals surface area contributed by atoms with E-state index in [4.69, 9.17) is 5.73 Å². The molecule has 0 spiro atoms. The molecule has 7 heteroatoms. The summed E-state index contributed by atoms with van der Waals surface area (Å²) in [5.74, 6) is 0.0534. The minimum Gasteiger partial charge on any atom is -0.369 e. The van der Waals surface area contributed by atoms with Crippen molar-refractivity contribution in [2.75, 3.05) is 51.2 Å². The van der Waals surface area contributed by atoms with Gasteiger partial charge in [0.1, 0.15) is 0 Å². The highest BCUT2D eigenvalue weighted by molar-refractivity contribution is 5.94. The van der Waals surface area contributed by atoms with Crippen molar-refractivity contribution < 1.29 is 4.79 Å². The first-order valence-electron chi connectivity index (χ1n) is 9.28. The standard InChI is InChI=1S/C20H34N4O.2ClH/c1-16(2)23-10-12-24(13-11-23)18-8-6-17(7-9-18)19(25)22(5)15-20(3,4)14-21;;/h6-9,16H,10-15,21H2,1-5H3;2*1H. The van der Waals surface area contributed by atoms with Gasteiger partial charge in [-0.3, -0.25) is 9.69 Å². The summed E-state index contributed by atoms with van der Waals surface area (Å²) in [5, 5.41) is 0. The first-order chi connectivity index (χ1) is 11.7. The fraction of sp³-hybridized carbons (Fsp3) is 0.650. The molecular formula is C20H36Cl2N4O. The molecule has 156 valence electrons. The first-order valence-corrected chi connectivity index (χ1v) is 9.28. The molecule has 1 aromatic carbocycles. The molecule has 1 aliphatic heterocycles. The van der Waals surface area contributed by atoms with Crippen molar-refractivity contribution in [3.05, 3.63) is 29.8 Å². The zero-order valence-electron chi connectivity index (χ0n) is 17.3. The van der Waals surface area contributed by atoms with Gasteiger partial charge in [0, 0.05) is 57.1 Å². The Labute approximate surface area is 177 Å². The lowest BCUT2D eigenvalue weighted by Crippen LogP contribution is -2.48. The van der Waals surface area contributed by atoms with Crippen LogP contribution in [0, 0.1) is 5.41 Å². The molecule has 0 saturated carbocycles. The summed E-state index contributed by atoms with van der Waals surface area (Å²) in [6.45, 7) is 14.1. The molecular weight excluding hydrogens is 383 g/mol. The molecule has 0 unspecified atom stereocenters. The van der Waals surface area contributed by atoms with Gasteiger partial charge in [0.2, 0.25) is 0 Å². The van der Waals surface area contributed by atoms with E-state index in [1.165, 1.54) is 5.69 Å². The topological polar surface area (TPSA) is 52.8 Å². The van der Waals surface area contributed by atoms with Crippen LogP contribution in [0.4, 0.5) is 5.69 Å². The molecule has 1 heterocycles. The van der Waals surface area contributed by atoms with Crippen LogP contribution in [-0.2, 0) is 0 Å². The Morgan fingerprint density at radius 2 is 1.63 bits per heavy atom. The number of hydrogen-bond donors (Lipinski definition) is 1. The van der Waals surface area contributed by atoms with Gasteiger partial charge >= 0.3 is 0 Å². The first kappa shape index (κ1) is 26.0. The monoisotopic (exact) mass is 418 g/mol. The summed E-state index contributed by atoms with van der Waals surface area (Å²) in [5.41, 5.74) is 7.64. The number of nitrogens with two attached hydrogens (primary N) is 1. The summed E-state index contributed by atoms with van der Waals surface area (Å²) in [6.07, 6.45) is 0. The third-order valence-electron chi connectivity index (χ3n) is 5.09. The quantitative estimate of drug-likeness (QED) is 0.770. The third-order valence-corrected chi connectivity index (χ3v) is 5.09. The zero-order chi connectivity index (χ0) is 18.6. The number of rotatable bonds is 6. The lowest BCUT2D eigenvalue weighted by Gasteiger charge is -2.38. The van der Waals surface area contributed by atoms with Crippen molar-refractivity contribution in [1.82, 2.24) is 9.80 Å². The maximum absolute atomic E-state index is 12.6. The predicted octanol–water partition coefficient (Wildman–Crippen LogP) is 3.12. The molecule has 1 saturated heterocycles. The van der Waals surface area contributed by atoms with E-state index in [2.05, 4.69) is 49.6 Å². The van der Waals surface area contributed by atoms with Crippen molar-refractivity contribution in [1.29, 1.82) is 0 Å². The molecule has 0 aliphatic carbocycles. The van der Waals surface area contributed by atoms with Gasteiger partial charge in [-0.15, -0.1) is 24.8 Å². The Bertz CT molecular complexity index is 570. The van der Waals surface area contributed by atoms with Crippen LogP contribution in [0.5, 0.6) is 0 Å². The number of amides is 1. The second-order valence-corrected chi connectivity index (χ2v) is 8.19. The van der Waals surface area contributed by atoms with E-state index in [0.717, 1.165) is 31.7 Å². The molecule has 0 aromatic heterocycles. The van der Waals surface area contributed by atoms with Crippen molar-refractivity contribution >= 4 is 36.4 Å². The highest BCUT2D eigenvalue weighted by Gasteiger charge is 2.23. The van der Waals surface area contributed by atoms with Crippen molar-refractivity contribution in [3.8, 4) is 0 Å². The van der Waals surface area contributed by atoms with Crippen LogP contribution >= 0.6 is 24.8 Å². The van der Waals surface area contributed by atoms with E-state index in [0.29, 0.717) is 19.1 Å². The Balaban J connectivity index is 0.00000338. The number of nitrogens with zero attached hydrogens (tertiary/aromatic N) is 3. The van der Waals surface area contributed by atoms with Crippen LogP contribution in [0.15, 0.2) is 24.3 Å². The Kier molecular flexibility index (Phi) is 10.7. The predicted molar refractivity (Wildman–Crippen MR) is 120 cm³/mol. The number of hydrogen-bond acceptors (Lipinski definition) is 4. The van der Waals surface area contributed by atoms with E-state index >= 15 is 0 Å². The van der Waals surface area contributed by atoms with Crippen LogP contribution in [0.25, 0.3) is 0 Å². The van der Waals surface area contributed by atoms with E-state index in [-0.39, 0.29) is 36.1 Å². The van der Waals surface area contributed by atoms with Gasteiger partial charge < -0.3 is 15.5 Å². The highest BCUT2D eigenvalue weighted by atomic mass is 35.5. The average Bonchev–Trinajstić information content (AvgIpc) is 2.61. The van der Waals surface area contributed by atoms with E-state index in [1.807, 2.05) is 19.2 Å². The van der Waals surface area contributed by atoms with E-state index in [1.54, 1.807) is 4.90 Å². The third kappa shape index (κ3) is 7.15. The van der Waals surface area contributed by atoms with Crippen LogP contribution in [0.3, 0.4) is 0 Å². The lowest BCUT2D eigenvalue weighted by atomic mass is 9.93. The van der Waals surface area contributed by atoms with E-state index < -0.39 is 0 Å². The molecule has 0 atom stereocenters. The molecule has 5 nitrogen and oxygen atoms in total. The number of carbonyl (C=O) groups is 1. The number of carbonyl (C=O) groups excluding carboxylic acids is 1. The van der Waals surface area contributed by atoms with Gasteiger partial charge in [-0.2, -0.15) is 0 Å². The van der Waals surface area contributed by atoms with Crippen molar-refractivity contribution in [2.24, 2.45) is 11.1 Å². The molecule has 1 aliphatic rings. The molecule has 2 rings (SSSR count). The number of piperazine rings is 1. The Morgan fingerprint density at radius 1 is 1.11 bits per heavy atom. The summed E-state index contributed by atoms with van der Waals surface area (Å²) < 4.78 is 0. The van der Waals surface area contributed by atoms with Gasteiger partial charge in [-0.05, 0) is 50.1 Å². The van der Waals surface area contributed by atoms with Crippen LogP contribution < -0.4 is 10.6 Å². The maximum Gasteiger partial charge on any atom is 0.253 e. The van der Waals surface area contributed by atoms with Crippen molar-refractivity contribution in [2.45, 2.75) is 33.7 Å². The summed E-state index contributed by atoms with van der Waals surface area (Å²) in [7, 11) is 1.85. The summed E-state index contributed by atoms with van der Waals surface area (Å²) in [4.78, 5) is 19.3. The second kappa shape index (κ2) is 11.1. The largest absolute Gasteiger partial charge is 0.369 e. The average molecular weight is 419 g/mol. The number of halogens is 2. The zero-order valence-corrected chi connectivity index (χ0v) is 18.9. The fourth-order valence-electron chi connectivity index (χ4n) is 3.31. The maximum atomic E-state index is 12.6. The molecule has 1 fully saturated rings.